The van der Waals surface area contributed by atoms with E-state index < -0.39 is 0 Å². The molecule has 13 rings (SSSR count). The van der Waals surface area contributed by atoms with Crippen LogP contribution in [-0.2, 0) is 37.1 Å². The fourth-order valence-electron chi connectivity index (χ4n) is 12.5. The molecule has 0 radical (unpaired) electrons. The summed E-state index contributed by atoms with van der Waals surface area (Å²) in [5.41, 5.74) is 9.82. The molecule has 0 bridgehead atoms. The standard InChI is InChI=1S/C21H21ClFN5O2.2C19H19ClFN3OS.C4H9NO2/c1-29-11-17-25-26-20(28(17)14-6-7-18(30-2)24-9-14)27-10-13-8-21(13,12-27)15-4-3-5-16(23)19(15)22;2*1-25-16-7-6-13(9-22-16)23-18(26-2)24-10-12-8-19(12,11-24)14-4-3-5-15(21)17(14)20;1-7-3-4(6)2-5/h3-7,9,13H,8,10-12H2,1-2H3;2*3-7,9,12H,8,10-11H2,1-2H3;2-3,5H2,1H3/t13-,21-;2*12-,19-;/m000./s1. The van der Waals surface area contributed by atoms with Crippen molar-refractivity contribution in [1.29, 1.82) is 0 Å². The van der Waals surface area contributed by atoms with Crippen LogP contribution in [0.4, 0.5) is 30.5 Å². The predicted molar refractivity (Wildman–Crippen MR) is 344 cm³/mol. The van der Waals surface area contributed by atoms with Crippen LogP contribution in [0.2, 0.25) is 15.1 Å². The molecule has 7 heterocycles. The number of anilines is 1. The second-order valence-corrected chi connectivity index (χ2v) is 25.0. The molecule has 470 valence electrons. The Morgan fingerprint density at radius 2 is 1.03 bits per heavy atom. The number of benzene rings is 3. The number of carbonyl (C=O) groups is 1. The Morgan fingerprint density at radius 3 is 1.40 bits per heavy atom. The van der Waals surface area contributed by atoms with Gasteiger partial charge in [-0.3, -0.25) is 9.36 Å². The molecule has 6 fully saturated rings. The van der Waals surface area contributed by atoms with Crippen LogP contribution >= 0.6 is 58.3 Å². The highest BCUT2D eigenvalue weighted by Gasteiger charge is 2.64. The Hall–Kier alpha value is -6.70. The van der Waals surface area contributed by atoms with E-state index in [0.29, 0.717) is 60.3 Å². The van der Waals surface area contributed by atoms with E-state index in [0.717, 1.165) is 96.1 Å². The third-order valence-electron chi connectivity index (χ3n) is 17.1. The quantitative estimate of drug-likeness (QED) is 0.0752. The van der Waals surface area contributed by atoms with Gasteiger partial charge in [0.1, 0.15) is 30.7 Å². The summed E-state index contributed by atoms with van der Waals surface area (Å²) in [5, 5.41) is 11.4. The van der Waals surface area contributed by atoms with E-state index in [2.05, 4.69) is 44.6 Å². The number of Topliss-reactive ketones (excluding diaryl/α,β-unsaturated/α-hetero) is 1. The monoisotopic (exact) mass is 1310 g/mol. The van der Waals surface area contributed by atoms with Gasteiger partial charge in [-0.1, -0.05) is 94.7 Å². The molecule has 3 saturated heterocycles. The number of carbonyl (C=O) groups excluding carboxylic acids is 1. The Balaban J connectivity index is 0.000000140. The molecule has 18 nitrogen and oxygen atoms in total. The molecule has 2 N–H and O–H groups in total. The molecular weight excluding hydrogens is 1250 g/mol. The van der Waals surface area contributed by atoms with Gasteiger partial charge < -0.3 is 44.1 Å². The van der Waals surface area contributed by atoms with Gasteiger partial charge in [0.05, 0.1) is 78.6 Å². The van der Waals surface area contributed by atoms with Crippen LogP contribution in [0, 0.1) is 35.2 Å². The number of ketones is 1. The minimum absolute atomic E-state index is 0.0478. The highest BCUT2D eigenvalue weighted by atomic mass is 35.5. The van der Waals surface area contributed by atoms with Crippen LogP contribution in [0.3, 0.4) is 0 Å². The van der Waals surface area contributed by atoms with Gasteiger partial charge in [-0.15, -0.1) is 10.2 Å². The van der Waals surface area contributed by atoms with Crippen LogP contribution in [0.25, 0.3) is 5.69 Å². The molecule has 3 aromatic carbocycles. The third kappa shape index (κ3) is 13.8. The smallest absolute Gasteiger partial charge is 0.232 e. The van der Waals surface area contributed by atoms with Gasteiger partial charge >= 0.3 is 0 Å². The molecule has 3 saturated carbocycles. The zero-order valence-electron chi connectivity index (χ0n) is 50.1. The number of rotatable bonds is 15. The summed E-state index contributed by atoms with van der Waals surface area (Å²) in [6.07, 6.45) is 12.3. The topological polar surface area (TPSA) is 193 Å². The molecule has 6 aliphatic rings. The maximum Gasteiger partial charge on any atom is 0.232 e. The highest BCUT2D eigenvalue weighted by Crippen LogP contribution is 2.63. The minimum Gasteiger partial charge on any atom is -0.481 e. The fraction of sp³-hybridized carbons (Fsp3) is 0.397. The van der Waals surface area contributed by atoms with Crippen molar-refractivity contribution >= 4 is 91.8 Å². The molecule has 26 heteroatoms. The molecule has 0 amide bonds. The van der Waals surface area contributed by atoms with E-state index in [1.165, 1.54) is 25.3 Å². The molecule has 3 aliphatic heterocycles. The van der Waals surface area contributed by atoms with Gasteiger partial charge in [-0.05, 0) is 103 Å². The van der Waals surface area contributed by atoms with Crippen molar-refractivity contribution in [2.45, 2.75) is 42.1 Å². The second-order valence-electron chi connectivity index (χ2n) is 22.4. The lowest BCUT2D eigenvalue weighted by Gasteiger charge is -2.24. The highest BCUT2D eigenvalue weighted by molar-refractivity contribution is 8.13. The first-order valence-electron chi connectivity index (χ1n) is 28.5. The van der Waals surface area contributed by atoms with E-state index in [1.807, 2.05) is 53.5 Å². The lowest BCUT2D eigenvalue weighted by Crippen LogP contribution is -2.31. The zero-order chi connectivity index (χ0) is 63.2. The van der Waals surface area contributed by atoms with Crippen molar-refractivity contribution in [1.82, 2.24) is 39.5 Å². The van der Waals surface area contributed by atoms with Crippen molar-refractivity contribution < 1.29 is 41.7 Å². The van der Waals surface area contributed by atoms with Gasteiger partial charge in [0, 0.05) is 87.9 Å². The largest absolute Gasteiger partial charge is 0.481 e. The van der Waals surface area contributed by atoms with Gasteiger partial charge in [0.15, 0.2) is 21.9 Å². The van der Waals surface area contributed by atoms with Crippen LogP contribution in [0.1, 0.15) is 41.8 Å². The van der Waals surface area contributed by atoms with Crippen molar-refractivity contribution in [2.75, 3.05) is 105 Å². The number of amidine groups is 2. The van der Waals surface area contributed by atoms with Gasteiger partial charge in [0.2, 0.25) is 23.6 Å². The van der Waals surface area contributed by atoms with Crippen LogP contribution < -0.4 is 24.8 Å². The maximum atomic E-state index is 14.1. The summed E-state index contributed by atoms with van der Waals surface area (Å²) in [7, 11) is 7.85. The van der Waals surface area contributed by atoms with Crippen LogP contribution in [0.5, 0.6) is 17.6 Å². The molecule has 89 heavy (non-hydrogen) atoms. The SMILES string of the molecule is COCC(=O)CN.COCc1nnc(N2C[C@@H]3C[C@]3(c3cccc(F)c3Cl)C2)n1-c1ccc(OC)nc1.COc1ccc(N=C(SC)N2C[C@@H]3C[C@]3(c3cccc(F)c3Cl)C2)cn1.COc1ccc(N=C(SC)N2C[C@@H]3C[C@]3(c3cccc(F)c3Cl)C2)cn1. The van der Waals surface area contributed by atoms with E-state index in [1.54, 1.807) is 107 Å². The second kappa shape index (κ2) is 28.2. The number of nitrogens with zero attached hydrogens (tertiary/aromatic N) is 11. The first-order chi connectivity index (χ1) is 43.0. The number of ether oxygens (including phenoxy) is 5. The van der Waals surface area contributed by atoms with Crippen LogP contribution in [-0.4, -0.2) is 156 Å². The summed E-state index contributed by atoms with van der Waals surface area (Å²) >= 11 is 22.1. The number of piperidine rings is 3. The minimum atomic E-state index is -0.373. The zero-order valence-corrected chi connectivity index (χ0v) is 54.0. The average Bonchev–Trinajstić information content (AvgIpc) is 1.56. The third-order valence-corrected chi connectivity index (χ3v) is 19.7. The first-order valence-corrected chi connectivity index (χ1v) is 32.1. The summed E-state index contributed by atoms with van der Waals surface area (Å²) in [5.74, 6) is 3.33. The predicted octanol–water partition coefficient (Wildman–Crippen LogP) is 11.6. The number of nitrogens with two attached hydrogens (primary N) is 1. The Kier molecular flexibility index (Phi) is 20.7. The lowest BCUT2D eigenvalue weighted by atomic mass is 9.95. The van der Waals surface area contributed by atoms with E-state index in [9.17, 15) is 18.0 Å². The first kappa shape index (κ1) is 65.3. The number of halogens is 6. The van der Waals surface area contributed by atoms with Crippen molar-refractivity contribution in [3.63, 3.8) is 0 Å². The Labute approximate surface area is 538 Å². The number of methoxy groups -OCH3 is 5. The molecule has 6 atom stereocenters. The van der Waals surface area contributed by atoms with E-state index in [-0.39, 0.29) is 67.7 Å². The van der Waals surface area contributed by atoms with E-state index in [4.69, 9.17) is 69.5 Å². The van der Waals surface area contributed by atoms with Gasteiger partial charge in [-0.25, -0.2) is 38.1 Å². The summed E-state index contributed by atoms with van der Waals surface area (Å²) < 4.78 is 68.9. The average molecular weight is 1320 g/mol. The van der Waals surface area contributed by atoms with E-state index >= 15 is 0 Å². The van der Waals surface area contributed by atoms with Gasteiger partial charge in [0.25, 0.3) is 0 Å². The molecular formula is C63H68Cl3F3N12O6S2. The number of hydrogen-bond donors (Lipinski definition) is 1. The number of pyridine rings is 3. The molecule has 4 aromatic heterocycles. The number of hydrogen-bond acceptors (Lipinski definition) is 17. The molecule has 3 aliphatic carbocycles. The summed E-state index contributed by atoms with van der Waals surface area (Å²) in [6.45, 7) is 5.49. The van der Waals surface area contributed by atoms with Crippen molar-refractivity contribution in [3.8, 4) is 23.3 Å². The number of fused-ring (bicyclic) bond motifs is 3. The normalized spacial score (nSPS) is 22.5. The van der Waals surface area contributed by atoms with Crippen LogP contribution in [0.15, 0.2) is 120 Å². The molecule has 7 aromatic rings. The number of thioether (sulfide) groups is 2. The number of likely N-dealkylation sites (tertiary alicyclic amines) is 2. The van der Waals surface area contributed by atoms with Crippen molar-refractivity contribution in [3.05, 3.63) is 165 Å². The summed E-state index contributed by atoms with van der Waals surface area (Å²) in [6, 6.07) is 26.4. The maximum absolute atomic E-state index is 14.1. The van der Waals surface area contributed by atoms with Gasteiger partial charge in [-0.2, -0.15) is 0 Å². The Bertz CT molecular complexity index is 3570. The van der Waals surface area contributed by atoms with Crippen molar-refractivity contribution in [2.24, 2.45) is 33.5 Å². The summed E-state index contributed by atoms with van der Waals surface area (Å²) in [4.78, 5) is 39.1. The molecule has 0 unspecified atom stereocenters. The number of aliphatic imine (C=N–C) groups is 2. The molecule has 0 spiro atoms. The lowest BCUT2D eigenvalue weighted by molar-refractivity contribution is -0.121. The Morgan fingerprint density at radius 1 is 0.596 bits per heavy atom. The fourth-order valence-corrected chi connectivity index (χ4v) is 14.6. The number of aromatic nitrogens is 6.